The van der Waals surface area contributed by atoms with Gasteiger partial charge in [-0.25, -0.2) is 14.6 Å². The molecule has 6 nitrogen and oxygen atoms in total. The number of fused-ring (bicyclic) bond motifs is 1. The molecule has 126 valence electrons. The van der Waals surface area contributed by atoms with Crippen LogP contribution in [0.1, 0.15) is 13.8 Å². The van der Waals surface area contributed by atoms with Crippen molar-refractivity contribution in [3.63, 3.8) is 0 Å². The number of hydrogen-bond acceptors (Lipinski definition) is 6. The molecule has 0 unspecified atom stereocenters. The number of nitrogens with one attached hydrogen (secondary N) is 1. The molecule has 1 aromatic carbocycles. The van der Waals surface area contributed by atoms with E-state index in [2.05, 4.69) is 10.3 Å². The predicted molar refractivity (Wildman–Crippen MR) is 91.7 cm³/mol. The van der Waals surface area contributed by atoms with Crippen molar-refractivity contribution in [2.75, 3.05) is 18.5 Å². The average molecular weight is 349 g/mol. The smallest absolute Gasteiger partial charge is 0.347 e. The highest BCUT2D eigenvalue weighted by atomic mass is 35.5. The highest BCUT2D eigenvalue weighted by Crippen LogP contribution is 2.24. The van der Waals surface area contributed by atoms with Crippen LogP contribution < -0.4 is 5.32 Å². The molecule has 1 heterocycles. The van der Waals surface area contributed by atoms with Crippen LogP contribution in [0.4, 0.5) is 5.82 Å². The number of para-hydroxylation sites is 1. The number of esters is 2. The van der Waals surface area contributed by atoms with Crippen molar-refractivity contribution in [2.24, 2.45) is 0 Å². The molecule has 0 amide bonds. The summed E-state index contributed by atoms with van der Waals surface area (Å²) in [6, 6.07) is 8.98. The zero-order chi connectivity index (χ0) is 17.5. The van der Waals surface area contributed by atoms with Gasteiger partial charge in [0.15, 0.2) is 5.57 Å². The number of rotatable bonds is 6. The number of hydrogen-bond donors (Lipinski definition) is 1. The van der Waals surface area contributed by atoms with Crippen LogP contribution >= 0.6 is 11.6 Å². The molecule has 0 saturated heterocycles. The SMILES string of the molecule is CCOC(=O)C(=CNc1cc(Cl)c2ccccc2n1)C(=O)OCC. The Kier molecular flexibility index (Phi) is 6.14. The normalized spacial score (nSPS) is 10.1. The lowest BCUT2D eigenvalue weighted by molar-refractivity contribution is -0.146. The van der Waals surface area contributed by atoms with Crippen molar-refractivity contribution in [3.05, 3.63) is 47.1 Å². The lowest BCUT2D eigenvalue weighted by Crippen LogP contribution is -2.19. The van der Waals surface area contributed by atoms with Crippen LogP contribution in [0, 0.1) is 0 Å². The molecule has 1 N–H and O–H groups in total. The lowest BCUT2D eigenvalue weighted by Gasteiger charge is -2.08. The number of halogens is 1. The Balaban J connectivity index is 2.30. The summed E-state index contributed by atoms with van der Waals surface area (Å²) in [5, 5.41) is 4.11. The highest BCUT2D eigenvalue weighted by Gasteiger charge is 2.21. The molecule has 24 heavy (non-hydrogen) atoms. The molecule has 0 radical (unpaired) electrons. The summed E-state index contributed by atoms with van der Waals surface area (Å²) in [6.07, 6.45) is 1.21. The van der Waals surface area contributed by atoms with Gasteiger partial charge in [0.25, 0.3) is 0 Å². The summed E-state index contributed by atoms with van der Waals surface area (Å²) in [7, 11) is 0. The molecule has 0 atom stereocenters. The topological polar surface area (TPSA) is 77.5 Å². The maximum atomic E-state index is 11.9. The molecule has 2 rings (SSSR count). The Labute approximate surface area is 144 Å². The number of anilines is 1. The number of benzene rings is 1. The van der Waals surface area contributed by atoms with E-state index in [0.717, 1.165) is 5.39 Å². The third-order valence-electron chi connectivity index (χ3n) is 3.02. The molecule has 0 fully saturated rings. The summed E-state index contributed by atoms with van der Waals surface area (Å²) >= 11 is 6.22. The fourth-order valence-corrected chi connectivity index (χ4v) is 2.24. The van der Waals surface area contributed by atoms with Crippen LogP contribution in [-0.4, -0.2) is 30.1 Å². The van der Waals surface area contributed by atoms with Gasteiger partial charge >= 0.3 is 11.9 Å². The number of carbonyl (C=O) groups is 2. The Hall–Kier alpha value is -2.60. The summed E-state index contributed by atoms with van der Waals surface area (Å²) in [6.45, 7) is 3.60. The molecule has 0 aliphatic heterocycles. The van der Waals surface area contributed by atoms with Gasteiger partial charge in [-0.2, -0.15) is 0 Å². The molecule has 0 spiro atoms. The van der Waals surface area contributed by atoms with E-state index in [9.17, 15) is 9.59 Å². The van der Waals surface area contributed by atoms with Gasteiger partial charge in [-0.05, 0) is 19.9 Å². The third-order valence-corrected chi connectivity index (χ3v) is 3.33. The van der Waals surface area contributed by atoms with Crippen molar-refractivity contribution in [1.29, 1.82) is 0 Å². The van der Waals surface area contributed by atoms with E-state index >= 15 is 0 Å². The molecule has 7 heteroatoms. The van der Waals surface area contributed by atoms with E-state index in [4.69, 9.17) is 21.1 Å². The number of ether oxygens (including phenoxy) is 2. The molecule has 1 aromatic heterocycles. The average Bonchev–Trinajstić information content (AvgIpc) is 2.55. The standard InChI is InChI=1S/C17H17ClN2O4/c1-3-23-16(21)12(17(22)24-4-2)10-19-15-9-13(18)11-7-5-6-8-14(11)20-15/h5-10H,3-4H2,1-2H3,(H,19,20). The molecule has 0 aliphatic carbocycles. The van der Waals surface area contributed by atoms with Gasteiger partial charge < -0.3 is 14.8 Å². The first-order chi connectivity index (χ1) is 11.6. The van der Waals surface area contributed by atoms with Gasteiger partial charge in [0.1, 0.15) is 5.82 Å². The van der Waals surface area contributed by atoms with Crippen molar-refractivity contribution < 1.29 is 19.1 Å². The van der Waals surface area contributed by atoms with Gasteiger partial charge in [-0.1, -0.05) is 29.8 Å². The van der Waals surface area contributed by atoms with Crippen LogP contribution in [0.5, 0.6) is 0 Å². The van der Waals surface area contributed by atoms with E-state index in [1.807, 2.05) is 24.3 Å². The number of nitrogens with zero attached hydrogens (tertiary/aromatic N) is 1. The van der Waals surface area contributed by atoms with Gasteiger partial charge in [0, 0.05) is 17.7 Å². The second kappa shape index (κ2) is 8.31. The van der Waals surface area contributed by atoms with E-state index in [-0.39, 0.29) is 18.8 Å². The van der Waals surface area contributed by atoms with Gasteiger partial charge in [-0.15, -0.1) is 0 Å². The predicted octanol–water partition coefficient (Wildman–Crippen LogP) is 3.31. The molecular formula is C17H17ClN2O4. The zero-order valence-corrected chi connectivity index (χ0v) is 14.1. The summed E-state index contributed by atoms with van der Waals surface area (Å²) in [4.78, 5) is 28.1. The number of aromatic nitrogens is 1. The third kappa shape index (κ3) is 4.23. The number of pyridine rings is 1. The first-order valence-electron chi connectivity index (χ1n) is 7.43. The van der Waals surface area contributed by atoms with E-state index < -0.39 is 11.9 Å². The van der Waals surface area contributed by atoms with Crippen molar-refractivity contribution >= 4 is 40.3 Å². The van der Waals surface area contributed by atoms with Crippen LogP contribution in [0.3, 0.4) is 0 Å². The molecule has 0 aliphatic rings. The van der Waals surface area contributed by atoms with Gasteiger partial charge in [0.05, 0.1) is 23.8 Å². The first-order valence-corrected chi connectivity index (χ1v) is 7.80. The van der Waals surface area contributed by atoms with Crippen LogP contribution in [0.15, 0.2) is 42.1 Å². The second-order valence-electron chi connectivity index (χ2n) is 4.65. The maximum Gasteiger partial charge on any atom is 0.347 e. The number of carbonyl (C=O) groups excluding carboxylic acids is 2. The minimum atomic E-state index is -0.768. The molecule has 0 saturated carbocycles. The van der Waals surface area contributed by atoms with Crippen LogP contribution in [0.2, 0.25) is 5.02 Å². The monoisotopic (exact) mass is 348 g/mol. The van der Waals surface area contributed by atoms with Gasteiger partial charge in [0.2, 0.25) is 0 Å². The van der Waals surface area contributed by atoms with Crippen LogP contribution in [-0.2, 0) is 19.1 Å². The van der Waals surface area contributed by atoms with E-state index in [1.165, 1.54) is 6.20 Å². The Morgan fingerprint density at radius 1 is 1.17 bits per heavy atom. The fraction of sp³-hybridized carbons (Fsp3) is 0.235. The first kappa shape index (κ1) is 17.7. The minimum Gasteiger partial charge on any atom is -0.462 e. The van der Waals surface area contributed by atoms with E-state index in [1.54, 1.807) is 19.9 Å². The van der Waals surface area contributed by atoms with Crippen molar-refractivity contribution in [3.8, 4) is 0 Å². The largest absolute Gasteiger partial charge is 0.462 e. The summed E-state index contributed by atoms with van der Waals surface area (Å²) in [5.74, 6) is -1.14. The van der Waals surface area contributed by atoms with Crippen molar-refractivity contribution in [2.45, 2.75) is 13.8 Å². The van der Waals surface area contributed by atoms with E-state index in [0.29, 0.717) is 16.4 Å². The Morgan fingerprint density at radius 2 is 1.79 bits per heavy atom. The minimum absolute atomic E-state index is 0.148. The van der Waals surface area contributed by atoms with Crippen molar-refractivity contribution in [1.82, 2.24) is 4.98 Å². The second-order valence-corrected chi connectivity index (χ2v) is 5.06. The summed E-state index contributed by atoms with van der Waals surface area (Å²) < 4.78 is 9.72. The molecule has 0 bridgehead atoms. The lowest BCUT2D eigenvalue weighted by atomic mass is 10.2. The highest BCUT2D eigenvalue weighted by molar-refractivity contribution is 6.35. The quantitative estimate of drug-likeness (QED) is 0.373. The van der Waals surface area contributed by atoms with Crippen LogP contribution in [0.25, 0.3) is 10.9 Å². The Bertz CT molecular complexity index is 769. The Morgan fingerprint density at radius 3 is 2.42 bits per heavy atom. The zero-order valence-electron chi connectivity index (χ0n) is 13.3. The fourth-order valence-electron chi connectivity index (χ4n) is 1.97. The molecular weight excluding hydrogens is 332 g/mol. The molecule has 2 aromatic rings. The maximum absolute atomic E-state index is 11.9. The summed E-state index contributed by atoms with van der Waals surface area (Å²) in [5.41, 5.74) is 0.444. The van der Waals surface area contributed by atoms with Gasteiger partial charge in [-0.3, -0.25) is 0 Å².